The number of esters is 7. The molecule has 0 aromatic heterocycles. The second-order valence-corrected chi connectivity index (χ2v) is 44.9. The quantitative estimate of drug-likeness (QED) is 0.0211. The van der Waals surface area contributed by atoms with Gasteiger partial charge in [-0.15, -0.1) is 0 Å². The van der Waals surface area contributed by atoms with Crippen molar-refractivity contribution in [3.05, 3.63) is 149 Å². The Bertz CT molecular complexity index is 3980. The Morgan fingerprint density at radius 3 is 0.895 bits per heavy atom. The molecule has 8 aliphatic rings. The van der Waals surface area contributed by atoms with Gasteiger partial charge in [-0.05, 0) is 377 Å². The van der Waals surface area contributed by atoms with Gasteiger partial charge in [0.25, 0.3) is 0 Å². The van der Waals surface area contributed by atoms with Crippen molar-refractivity contribution in [3.8, 4) is 28.7 Å². The minimum Gasteiger partial charge on any atom is -0.508 e. The van der Waals surface area contributed by atoms with E-state index in [1.807, 2.05) is 151 Å². The minimum absolute atomic E-state index is 0.00347. The number of rotatable bonds is 30. The summed E-state index contributed by atoms with van der Waals surface area (Å²) < 4.78 is 37.8. The van der Waals surface area contributed by atoms with E-state index >= 15 is 0 Å². The number of ether oxygens (including phenoxy) is 7. The van der Waals surface area contributed by atoms with Crippen LogP contribution in [-0.2, 0) is 66.7 Å². The predicted molar refractivity (Wildman–Crippen MR) is 585 cm³/mol. The van der Waals surface area contributed by atoms with Crippen molar-refractivity contribution in [2.45, 2.75) is 490 Å². The Labute approximate surface area is 868 Å². The van der Waals surface area contributed by atoms with Crippen molar-refractivity contribution in [2.24, 2.45) is 64.6 Å². The van der Waals surface area contributed by atoms with Gasteiger partial charge in [-0.2, -0.15) is 0 Å². The summed E-state index contributed by atoms with van der Waals surface area (Å²) in [5, 5.41) is 45.1. The molecule has 0 spiro atoms. The number of cyclic esters (lactones) is 1. The lowest BCUT2D eigenvalue weighted by atomic mass is 9.46. The fourth-order valence-electron chi connectivity index (χ4n) is 18.6. The summed E-state index contributed by atoms with van der Waals surface area (Å²) in [6, 6.07) is 37.1. The van der Waals surface area contributed by atoms with Crippen molar-refractivity contribution >= 4 is 41.8 Å². The molecule has 13 rings (SSSR count). The first-order chi connectivity index (χ1) is 67.2. The molecule has 1 saturated heterocycles. The van der Waals surface area contributed by atoms with E-state index in [0.29, 0.717) is 77.3 Å². The standard InChI is InChI=1S/C18H30O2.C14H26O2.2C12H22O2.5C10H14O.C9H14O4.C9H18O2/c1-5-12(2)16(19)20-17(3,4)18-9-13-6-14(10-18)8-15(7-13)11-18;1-5-11(2)13(15)16-14(3,4)12-9-7-6-8-10-12;1-4-10(2)11(13)14-12(3)8-6-5-7-9-12;1-4-10(3)11(13)14-12(5-2)8-6-7-9-12;5*1-3-8(2)9-4-6-10(11)7-5-9;1-3-6(2)8(10)13-7-4-5-12-9(7)11;1-6-7(2)8(10)11-9(3,4)5/h12-15H,5-11H2,1-4H3;11-12H,5-10H2,1-4H3;2*10H,4-9H2,1-3H3;5*4-8,11H,3H2,1-2H3;6-7H,3-5H2,1-2H3;7H,6H2,1-5H3. The molecule has 7 aliphatic carbocycles. The minimum atomic E-state index is -0.665. The molecule has 12 atom stereocenters. The number of phenols is 5. The highest BCUT2D eigenvalue weighted by atomic mass is 16.6. The lowest BCUT2D eigenvalue weighted by Crippen LogP contribution is -2.57. The zero-order valence-corrected chi connectivity index (χ0v) is 95.3. The van der Waals surface area contributed by atoms with Crippen molar-refractivity contribution in [1.29, 1.82) is 0 Å². The highest BCUT2D eigenvalue weighted by Crippen LogP contribution is 2.64. The Hall–Kier alpha value is -8.61. The molecule has 5 aromatic rings. The molecule has 12 unspecified atom stereocenters. The highest BCUT2D eigenvalue weighted by molar-refractivity contribution is 5.81. The normalized spacial score (nSPS) is 20.6. The van der Waals surface area contributed by atoms with Crippen molar-refractivity contribution in [1.82, 2.24) is 0 Å². The molecule has 8 fully saturated rings. The van der Waals surface area contributed by atoms with Crippen LogP contribution in [0.25, 0.3) is 0 Å². The molecule has 1 heterocycles. The summed E-state index contributed by atoms with van der Waals surface area (Å²) in [5.74, 6) is 7.12. The zero-order valence-electron chi connectivity index (χ0n) is 95.3. The molecule has 143 heavy (non-hydrogen) atoms. The smallest absolute Gasteiger partial charge is 0.347 e. The maximum atomic E-state index is 12.3. The van der Waals surface area contributed by atoms with Gasteiger partial charge in [0.2, 0.25) is 6.10 Å². The predicted octanol–water partition coefficient (Wildman–Crippen LogP) is 32.9. The maximum absolute atomic E-state index is 12.3. The van der Waals surface area contributed by atoms with Gasteiger partial charge < -0.3 is 58.7 Å². The van der Waals surface area contributed by atoms with Crippen molar-refractivity contribution in [2.75, 3.05) is 6.61 Å². The van der Waals surface area contributed by atoms with E-state index in [-0.39, 0.29) is 105 Å². The Kier molecular flexibility index (Phi) is 60.7. The fourth-order valence-corrected chi connectivity index (χ4v) is 18.6. The molecule has 19 heteroatoms. The monoisotopic (exact) mass is 2000 g/mol. The number of phenolic OH excluding ortho intramolecular Hbond substituents is 5. The number of hydrogen-bond acceptors (Lipinski definition) is 19. The molecule has 1 aliphatic heterocycles. The molecule has 7 saturated carbocycles. The maximum Gasteiger partial charge on any atom is 0.347 e. The summed E-state index contributed by atoms with van der Waals surface area (Å²) in [4.78, 5) is 80.7. The van der Waals surface area contributed by atoms with Crippen LogP contribution in [0.5, 0.6) is 28.7 Å². The third-order valence-corrected chi connectivity index (χ3v) is 31.4. The molecule has 0 amide bonds. The number of aromatic hydroxyl groups is 5. The summed E-state index contributed by atoms with van der Waals surface area (Å²) in [6.45, 7) is 64.0. The van der Waals surface area contributed by atoms with Gasteiger partial charge in [0.15, 0.2) is 0 Å². The largest absolute Gasteiger partial charge is 0.508 e. The van der Waals surface area contributed by atoms with Crippen LogP contribution in [0.2, 0.25) is 0 Å². The molecule has 5 aromatic carbocycles. The van der Waals surface area contributed by atoms with Crippen LogP contribution in [0.3, 0.4) is 0 Å². The number of carbonyl (C=O) groups is 7. The van der Waals surface area contributed by atoms with Gasteiger partial charge >= 0.3 is 41.8 Å². The molecular weight excluding hydrogens is 1790 g/mol. The van der Waals surface area contributed by atoms with Crippen molar-refractivity contribution < 1.29 is 92.3 Å². The molecule has 812 valence electrons. The average molecular weight is 2000 g/mol. The molecular formula is C124H202O19. The molecule has 19 nitrogen and oxygen atoms in total. The van der Waals surface area contributed by atoms with E-state index in [9.17, 15) is 33.6 Å². The number of hydrogen-bond donors (Lipinski definition) is 5. The summed E-state index contributed by atoms with van der Waals surface area (Å²) in [5.41, 5.74) is 5.56. The third kappa shape index (κ3) is 48.3. The van der Waals surface area contributed by atoms with Gasteiger partial charge in [-0.25, -0.2) is 4.79 Å². The van der Waals surface area contributed by atoms with E-state index < -0.39 is 12.1 Å². The second kappa shape index (κ2) is 66.6. The first kappa shape index (κ1) is 130. The third-order valence-electron chi connectivity index (χ3n) is 31.4. The summed E-state index contributed by atoms with van der Waals surface area (Å²) >= 11 is 0. The van der Waals surface area contributed by atoms with E-state index in [0.717, 1.165) is 120 Å². The Balaban J connectivity index is 0.000000535. The van der Waals surface area contributed by atoms with Gasteiger partial charge in [0.1, 0.15) is 56.8 Å². The van der Waals surface area contributed by atoms with Crippen LogP contribution < -0.4 is 0 Å². The van der Waals surface area contributed by atoms with Crippen LogP contribution in [0, 0.1) is 64.6 Å². The topological polar surface area (TPSA) is 285 Å². The SMILES string of the molecule is CCC(C)C(=O)OC(C)(C)C.CCC(C)C(=O)OC(C)(C)C12CC3CC(CC(C3)C1)C2.CCC(C)C(=O)OC(C)(C)C1CCCCC1.CCC(C)C(=O)OC1(C)CCCCC1.CCC(C)C(=O)OC1(CC)CCCC1.CCC(C)C(=O)OC1CCOC1=O.CCC(C)c1ccc(O)cc1.CCC(C)c1ccc(O)cc1.CCC(C)c1ccc(O)cc1.CCC(C)c1ccc(O)cc1.CCC(C)c1ccc(O)cc1. The van der Waals surface area contributed by atoms with Crippen molar-refractivity contribution in [3.63, 3.8) is 0 Å². The lowest BCUT2D eigenvalue weighted by molar-refractivity contribution is -0.202. The van der Waals surface area contributed by atoms with E-state index in [1.54, 1.807) is 67.6 Å². The Morgan fingerprint density at radius 1 is 0.343 bits per heavy atom. The fraction of sp³-hybridized carbons (Fsp3) is 0.702. The van der Waals surface area contributed by atoms with E-state index in [4.69, 9.17) is 54.0 Å². The van der Waals surface area contributed by atoms with Crippen LogP contribution in [0.1, 0.15) is 484 Å². The van der Waals surface area contributed by atoms with Gasteiger partial charge in [-0.3, -0.25) is 28.8 Å². The number of carbonyl (C=O) groups excluding carboxylic acids is 7. The van der Waals surface area contributed by atoms with Crippen LogP contribution in [-0.4, -0.2) is 108 Å². The van der Waals surface area contributed by atoms with Crippen LogP contribution in [0.15, 0.2) is 121 Å². The zero-order chi connectivity index (χ0) is 108. The summed E-state index contributed by atoms with van der Waals surface area (Å²) in [6.07, 6.45) is 36.4. The first-order valence-corrected chi connectivity index (χ1v) is 55.7. The van der Waals surface area contributed by atoms with E-state index in [2.05, 4.69) is 122 Å². The van der Waals surface area contributed by atoms with Gasteiger partial charge in [0.05, 0.1) is 42.1 Å². The number of benzene rings is 5. The van der Waals surface area contributed by atoms with Gasteiger partial charge in [0, 0.05) is 11.8 Å². The first-order valence-electron chi connectivity index (χ1n) is 55.7. The lowest BCUT2D eigenvalue weighted by Gasteiger charge is -2.61. The molecule has 4 bridgehead atoms. The van der Waals surface area contributed by atoms with Crippen LogP contribution in [0.4, 0.5) is 0 Å². The highest BCUT2D eigenvalue weighted by Gasteiger charge is 2.59. The second-order valence-electron chi connectivity index (χ2n) is 44.9. The van der Waals surface area contributed by atoms with Crippen LogP contribution >= 0.6 is 0 Å². The van der Waals surface area contributed by atoms with E-state index in [1.165, 1.54) is 131 Å². The van der Waals surface area contributed by atoms with Gasteiger partial charge in [-0.1, -0.05) is 246 Å². The summed E-state index contributed by atoms with van der Waals surface area (Å²) in [7, 11) is 0. The molecule has 0 radical (unpaired) electrons. The Morgan fingerprint density at radius 2 is 0.615 bits per heavy atom. The average Bonchev–Trinajstić information content (AvgIpc) is 0.796. The molecule has 5 N–H and O–H groups in total.